The lowest BCUT2D eigenvalue weighted by Gasteiger charge is -2.39. The summed E-state index contributed by atoms with van der Waals surface area (Å²) in [5, 5.41) is 12.0. The highest BCUT2D eigenvalue weighted by Gasteiger charge is 2.39. The number of rotatable bonds is 10. The van der Waals surface area contributed by atoms with Crippen molar-refractivity contribution in [3.8, 4) is 0 Å². The molecule has 0 aliphatic carbocycles. The van der Waals surface area contributed by atoms with E-state index < -0.39 is 5.60 Å². The molecule has 0 saturated heterocycles. The van der Waals surface area contributed by atoms with Crippen LogP contribution in [0.4, 0.5) is 0 Å². The van der Waals surface area contributed by atoms with Gasteiger partial charge in [-0.25, -0.2) is 0 Å². The van der Waals surface area contributed by atoms with E-state index in [4.69, 9.17) is 9.47 Å². The van der Waals surface area contributed by atoms with Crippen molar-refractivity contribution in [3.63, 3.8) is 0 Å². The lowest BCUT2D eigenvalue weighted by atomic mass is 9.69. The average Bonchev–Trinajstić information content (AvgIpc) is 2.57. The predicted octanol–water partition coefficient (Wildman–Crippen LogP) is 6.02. The summed E-state index contributed by atoms with van der Waals surface area (Å²) < 4.78 is 11.3. The molecule has 1 aromatic carbocycles. The Hall–Kier alpha value is -0.900. The number of ether oxygens (including phenoxy) is 2. The third-order valence-corrected chi connectivity index (χ3v) is 5.22. The molecule has 0 spiro atoms. The maximum absolute atomic E-state index is 12.0. The fourth-order valence-corrected chi connectivity index (χ4v) is 3.71. The Labute approximate surface area is 173 Å². The lowest BCUT2D eigenvalue weighted by Crippen LogP contribution is -2.38. The molecule has 1 N–H and O–H groups in total. The van der Waals surface area contributed by atoms with Gasteiger partial charge in [-0.05, 0) is 47.8 Å². The van der Waals surface area contributed by atoms with Gasteiger partial charge in [-0.1, -0.05) is 79.0 Å². The molecule has 3 nitrogen and oxygen atoms in total. The topological polar surface area (TPSA) is 38.7 Å². The lowest BCUT2D eigenvalue weighted by molar-refractivity contribution is -0.0695. The van der Waals surface area contributed by atoms with Crippen LogP contribution < -0.4 is 0 Å². The van der Waals surface area contributed by atoms with Crippen LogP contribution in [0.1, 0.15) is 96.9 Å². The van der Waals surface area contributed by atoms with Gasteiger partial charge in [-0.2, -0.15) is 0 Å². The van der Waals surface area contributed by atoms with Gasteiger partial charge in [0.15, 0.2) is 0 Å². The molecule has 0 amide bonds. The fourth-order valence-electron chi connectivity index (χ4n) is 3.71. The van der Waals surface area contributed by atoms with Gasteiger partial charge in [-0.15, -0.1) is 0 Å². The summed E-state index contributed by atoms with van der Waals surface area (Å²) in [7, 11) is 0. The predicted molar refractivity (Wildman–Crippen MR) is 119 cm³/mol. The molecule has 0 bridgehead atoms. The second kappa shape index (κ2) is 10.2. The number of benzene rings is 1. The first-order valence-electron chi connectivity index (χ1n) is 10.9. The summed E-state index contributed by atoms with van der Waals surface area (Å²) in [6.07, 6.45) is 2.71. The Morgan fingerprint density at radius 1 is 0.857 bits per heavy atom. The minimum atomic E-state index is -0.999. The first-order valence-corrected chi connectivity index (χ1v) is 10.9. The van der Waals surface area contributed by atoms with Gasteiger partial charge in [0.05, 0.1) is 19.8 Å². The van der Waals surface area contributed by atoms with E-state index >= 15 is 0 Å². The molecule has 1 atom stereocenters. The number of aliphatic hydroxyl groups is 1. The van der Waals surface area contributed by atoms with Crippen molar-refractivity contribution in [1.29, 1.82) is 0 Å². The van der Waals surface area contributed by atoms with Gasteiger partial charge < -0.3 is 14.6 Å². The fraction of sp³-hybridized carbons (Fsp3) is 0.760. The van der Waals surface area contributed by atoms with E-state index in [1.165, 1.54) is 16.7 Å². The van der Waals surface area contributed by atoms with Crippen LogP contribution in [0.5, 0.6) is 0 Å². The maximum Gasteiger partial charge on any atom is 0.113 e. The highest BCUT2D eigenvalue weighted by Crippen LogP contribution is 2.43. The molecular weight excluding hydrogens is 348 g/mol. The van der Waals surface area contributed by atoms with Crippen molar-refractivity contribution in [2.24, 2.45) is 0 Å². The van der Waals surface area contributed by atoms with E-state index in [0.717, 1.165) is 18.4 Å². The third-order valence-electron chi connectivity index (χ3n) is 5.22. The first-order chi connectivity index (χ1) is 12.9. The number of unbranched alkanes of at least 4 members (excludes halogenated alkanes) is 1. The monoisotopic (exact) mass is 392 g/mol. The van der Waals surface area contributed by atoms with Crippen LogP contribution in [0.25, 0.3) is 0 Å². The van der Waals surface area contributed by atoms with Crippen LogP contribution in [0, 0.1) is 6.92 Å². The summed E-state index contributed by atoms with van der Waals surface area (Å²) in [6.45, 7) is 21.7. The van der Waals surface area contributed by atoms with Crippen LogP contribution in [-0.2, 0) is 25.9 Å². The summed E-state index contributed by atoms with van der Waals surface area (Å²) in [6, 6.07) is 4.50. The number of hydrogen-bond donors (Lipinski definition) is 1. The summed E-state index contributed by atoms with van der Waals surface area (Å²) in [5.41, 5.74) is 3.64. The van der Waals surface area contributed by atoms with Crippen LogP contribution in [0.15, 0.2) is 12.1 Å². The molecule has 1 aromatic rings. The molecular formula is C25H44O3. The Morgan fingerprint density at radius 3 is 1.79 bits per heavy atom. The standard InChI is InChI=1S/C25H44O3/c1-10-12-13-25(26,18-28-15-14-27-11-2)22-20(23(4,5)6)16-19(3)17-21(22)24(7,8)9/h16-17,26H,10-15,18H2,1-9H3. The van der Waals surface area contributed by atoms with Crippen molar-refractivity contribution < 1.29 is 14.6 Å². The Kier molecular flexibility index (Phi) is 9.18. The van der Waals surface area contributed by atoms with E-state index in [0.29, 0.717) is 32.8 Å². The number of aryl methyl sites for hydroxylation is 1. The van der Waals surface area contributed by atoms with Crippen molar-refractivity contribution >= 4 is 0 Å². The molecule has 0 saturated carbocycles. The highest BCUT2D eigenvalue weighted by molar-refractivity contribution is 5.49. The van der Waals surface area contributed by atoms with Crippen molar-refractivity contribution in [2.45, 2.75) is 98.0 Å². The molecule has 0 aliphatic heterocycles. The smallest absolute Gasteiger partial charge is 0.113 e. The highest BCUT2D eigenvalue weighted by atomic mass is 16.5. The molecule has 0 aliphatic rings. The minimum absolute atomic E-state index is 0.0626. The molecule has 0 heterocycles. The molecule has 162 valence electrons. The van der Waals surface area contributed by atoms with Gasteiger partial charge in [0.2, 0.25) is 0 Å². The van der Waals surface area contributed by atoms with Crippen molar-refractivity contribution in [3.05, 3.63) is 34.4 Å². The quantitative estimate of drug-likeness (QED) is 0.495. The summed E-state index contributed by atoms with van der Waals surface area (Å²) >= 11 is 0. The molecule has 28 heavy (non-hydrogen) atoms. The normalized spacial score (nSPS) is 14.9. The second-order valence-corrected chi connectivity index (χ2v) is 10.1. The molecule has 0 fully saturated rings. The van der Waals surface area contributed by atoms with Crippen LogP contribution >= 0.6 is 0 Å². The van der Waals surface area contributed by atoms with Crippen LogP contribution in [0.3, 0.4) is 0 Å². The number of hydrogen-bond acceptors (Lipinski definition) is 3. The average molecular weight is 393 g/mol. The van der Waals surface area contributed by atoms with E-state index in [1.807, 2.05) is 6.92 Å². The first kappa shape index (κ1) is 25.1. The zero-order chi connectivity index (χ0) is 21.6. The SMILES string of the molecule is CCCCC(O)(COCCOCC)c1c(C(C)(C)C)cc(C)cc1C(C)(C)C. The minimum Gasteiger partial charge on any atom is -0.383 e. The molecule has 0 aromatic heterocycles. The van der Waals surface area contributed by atoms with Gasteiger partial charge >= 0.3 is 0 Å². The zero-order valence-corrected chi connectivity index (χ0v) is 19.9. The Balaban J connectivity index is 3.52. The van der Waals surface area contributed by atoms with E-state index in [1.54, 1.807) is 0 Å². The molecule has 1 rings (SSSR count). The third kappa shape index (κ3) is 6.86. The van der Waals surface area contributed by atoms with Gasteiger partial charge in [0.25, 0.3) is 0 Å². The Bertz CT molecular complexity index is 572. The summed E-state index contributed by atoms with van der Waals surface area (Å²) in [4.78, 5) is 0. The largest absolute Gasteiger partial charge is 0.383 e. The van der Waals surface area contributed by atoms with Crippen molar-refractivity contribution in [1.82, 2.24) is 0 Å². The molecule has 0 radical (unpaired) electrons. The van der Waals surface area contributed by atoms with Crippen molar-refractivity contribution in [2.75, 3.05) is 26.4 Å². The maximum atomic E-state index is 12.0. The van der Waals surface area contributed by atoms with E-state index in [9.17, 15) is 5.11 Å². The van der Waals surface area contributed by atoms with E-state index in [-0.39, 0.29) is 10.8 Å². The van der Waals surface area contributed by atoms with Gasteiger partial charge in [0, 0.05) is 6.61 Å². The second-order valence-electron chi connectivity index (χ2n) is 10.1. The zero-order valence-electron chi connectivity index (χ0n) is 19.9. The van der Waals surface area contributed by atoms with E-state index in [2.05, 4.69) is 67.5 Å². The molecule has 1 unspecified atom stereocenters. The summed E-state index contributed by atoms with van der Waals surface area (Å²) in [5.74, 6) is 0. The molecule has 3 heteroatoms. The van der Waals surface area contributed by atoms with Gasteiger partial charge in [-0.3, -0.25) is 0 Å². The Morgan fingerprint density at radius 2 is 1.36 bits per heavy atom. The van der Waals surface area contributed by atoms with Crippen LogP contribution in [0.2, 0.25) is 0 Å². The van der Waals surface area contributed by atoms with Gasteiger partial charge in [0.1, 0.15) is 5.60 Å². The van der Waals surface area contributed by atoms with Crippen LogP contribution in [-0.4, -0.2) is 31.5 Å².